The summed E-state index contributed by atoms with van der Waals surface area (Å²) in [5.41, 5.74) is 13.0. The molecule has 6 heterocycles. The Morgan fingerprint density at radius 2 is 0.836 bits per heavy atom. The lowest BCUT2D eigenvalue weighted by Crippen LogP contribution is -2.60. The molecule has 4 bridgehead atoms. The van der Waals surface area contributed by atoms with Crippen molar-refractivity contribution in [1.29, 1.82) is 0 Å². The summed E-state index contributed by atoms with van der Waals surface area (Å²) in [7, 11) is 0. The lowest BCUT2D eigenvalue weighted by molar-refractivity contribution is -0.0654. The molecule has 6 nitrogen and oxygen atoms in total. The van der Waals surface area contributed by atoms with E-state index in [2.05, 4.69) is 178 Å². The van der Waals surface area contributed by atoms with Crippen LogP contribution in [-0.4, -0.2) is 33.1 Å². The van der Waals surface area contributed by atoms with Crippen molar-refractivity contribution >= 4 is 34.5 Å². The molecule has 2 spiro atoms. The number of fused-ring (bicyclic) bond motifs is 4. The zero-order chi connectivity index (χ0) is 46.2. The second-order valence-electron chi connectivity index (χ2n) is 22.3. The highest BCUT2D eigenvalue weighted by molar-refractivity contribution is 5.75. The SMILES string of the molecule is Cc1ccccc1N1c2ncccc2C(C)(C)C1C.Cc1ccccc1N1c2ncccc2C2(C3CC4CC(C3)CC2C4)C1C.Cc1ccccc1N1c2ncccc2C2(CCCCC2)C1C. The molecule has 14 rings (SSSR count). The molecular formula is C61H72N6. The van der Waals surface area contributed by atoms with Crippen LogP contribution in [0.2, 0.25) is 0 Å². The molecule has 3 aromatic heterocycles. The Bertz CT molecular complexity index is 2740. The van der Waals surface area contributed by atoms with E-state index >= 15 is 0 Å². The van der Waals surface area contributed by atoms with Gasteiger partial charge in [0.25, 0.3) is 0 Å². The average Bonchev–Trinajstić information content (AvgIpc) is 3.82. The van der Waals surface area contributed by atoms with Gasteiger partial charge in [0.05, 0.1) is 0 Å². The Morgan fingerprint density at radius 3 is 1.33 bits per heavy atom. The molecule has 6 aromatic rings. The zero-order valence-electron chi connectivity index (χ0n) is 41.4. The van der Waals surface area contributed by atoms with Crippen LogP contribution < -0.4 is 14.7 Å². The number of para-hydroxylation sites is 3. The summed E-state index contributed by atoms with van der Waals surface area (Å²) in [6.45, 7) is 18.4. The van der Waals surface area contributed by atoms with Gasteiger partial charge in [-0.1, -0.05) is 106 Å². The van der Waals surface area contributed by atoms with E-state index in [4.69, 9.17) is 9.97 Å². The standard InChI is InChI=1S/C24H28N2.C20H24N2.C17H20N2/c1-15-6-3-4-8-22(15)26-16(2)24(21-7-5-9-25-23(21)26)19-11-17-10-18(13-19)14-20(24)12-17;1-15-9-4-5-11-18(15)22-16(2)20(12-6-3-7-13-20)17-10-8-14-21-19(17)22;1-12-8-5-6-10-15(12)19-13(2)17(3,4)14-9-7-11-18-16(14)19/h3-9,16-20H,10-14H2,1-2H3;4-5,8-11,14,16H,3,6-7,12-13H2,1-2H3;5-11,13H,1-4H3. The van der Waals surface area contributed by atoms with Crippen LogP contribution in [0.5, 0.6) is 0 Å². The Hall–Kier alpha value is -5.49. The Kier molecular flexibility index (Phi) is 11.1. The van der Waals surface area contributed by atoms with Gasteiger partial charge in [0.1, 0.15) is 17.5 Å². The number of rotatable bonds is 3. The molecule has 8 aliphatic rings. The second-order valence-corrected chi connectivity index (χ2v) is 22.3. The van der Waals surface area contributed by atoms with E-state index in [0.29, 0.717) is 29.0 Å². The minimum atomic E-state index is 0.117. The second kappa shape index (κ2) is 16.9. The van der Waals surface area contributed by atoms with E-state index in [0.717, 1.165) is 29.5 Å². The molecule has 3 atom stereocenters. The van der Waals surface area contributed by atoms with Gasteiger partial charge in [0.15, 0.2) is 0 Å². The summed E-state index contributed by atoms with van der Waals surface area (Å²) in [4.78, 5) is 21.8. The summed E-state index contributed by atoms with van der Waals surface area (Å²) in [5, 5.41) is 0. The lowest BCUT2D eigenvalue weighted by atomic mass is 9.43. The van der Waals surface area contributed by atoms with Gasteiger partial charge in [-0.2, -0.15) is 0 Å². The van der Waals surface area contributed by atoms with Crippen molar-refractivity contribution in [2.24, 2.45) is 23.7 Å². The highest BCUT2D eigenvalue weighted by Gasteiger charge is 2.65. The van der Waals surface area contributed by atoms with Crippen LogP contribution in [0.15, 0.2) is 128 Å². The normalized spacial score (nSPS) is 28.7. The number of hydrogen-bond donors (Lipinski definition) is 0. The minimum Gasteiger partial charge on any atom is -0.322 e. The molecular weight excluding hydrogens is 817 g/mol. The molecule has 3 aliphatic heterocycles. The van der Waals surface area contributed by atoms with Gasteiger partial charge < -0.3 is 14.7 Å². The Labute approximate surface area is 401 Å². The van der Waals surface area contributed by atoms with Crippen LogP contribution in [0.4, 0.5) is 34.5 Å². The van der Waals surface area contributed by atoms with Crippen molar-refractivity contribution < 1.29 is 0 Å². The quantitative estimate of drug-likeness (QED) is 0.176. The van der Waals surface area contributed by atoms with E-state index < -0.39 is 0 Å². The number of benzene rings is 3. The van der Waals surface area contributed by atoms with Crippen molar-refractivity contribution in [3.63, 3.8) is 0 Å². The number of aromatic nitrogens is 3. The molecule has 0 radical (unpaired) electrons. The summed E-state index contributed by atoms with van der Waals surface area (Å²) in [5.74, 6) is 7.24. The molecule has 5 fully saturated rings. The third-order valence-corrected chi connectivity index (χ3v) is 18.8. The average molecular weight is 889 g/mol. The van der Waals surface area contributed by atoms with Crippen molar-refractivity contribution in [2.75, 3.05) is 14.7 Å². The number of anilines is 6. The van der Waals surface area contributed by atoms with Gasteiger partial charge in [0.2, 0.25) is 0 Å². The molecule has 0 N–H and O–H groups in total. The van der Waals surface area contributed by atoms with Gasteiger partial charge in [-0.25, -0.2) is 15.0 Å². The van der Waals surface area contributed by atoms with E-state index in [9.17, 15) is 0 Å². The van der Waals surface area contributed by atoms with Crippen LogP contribution in [0.3, 0.4) is 0 Å². The van der Waals surface area contributed by atoms with Crippen LogP contribution in [0.1, 0.15) is 132 Å². The van der Waals surface area contributed by atoms with Crippen LogP contribution in [0, 0.1) is 44.4 Å². The highest BCUT2D eigenvalue weighted by Crippen LogP contribution is 2.68. The van der Waals surface area contributed by atoms with Gasteiger partial charge in [-0.3, -0.25) is 0 Å². The van der Waals surface area contributed by atoms with Gasteiger partial charge in [0, 0.05) is 86.7 Å². The fraction of sp³-hybridized carbons (Fsp3) is 0.459. The van der Waals surface area contributed by atoms with Crippen molar-refractivity contribution in [3.8, 4) is 0 Å². The fourth-order valence-electron chi connectivity index (χ4n) is 15.4. The Morgan fingerprint density at radius 1 is 0.433 bits per heavy atom. The number of pyridine rings is 3. The molecule has 67 heavy (non-hydrogen) atoms. The zero-order valence-corrected chi connectivity index (χ0v) is 41.4. The van der Waals surface area contributed by atoms with Gasteiger partial charge >= 0.3 is 0 Å². The minimum absolute atomic E-state index is 0.117. The Balaban J connectivity index is 0.000000112. The summed E-state index contributed by atoms with van der Waals surface area (Å²) >= 11 is 0. The monoisotopic (exact) mass is 889 g/mol. The number of hydrogen-bond acceptors (Lipinski definition) is 6. The van der Waals surface area contributed by atoms with Gasteiger partial charge in [-0.05, 0) is 163 Å². The lowest BCUT2D eigenvalue weighted by Gasteiger charge is -2.62. The van der Waals surface area contributed by atoms with Crippen LogP contribution >= 0.6 is 0 Å². The van der Waals surface area contributed by atoms with E-state index in [-0.39, 0.29) is 5.41 Å². The molecule has 346 valence electrons. The third kappa shape index (κ3) is 6.80. The summed E-state index contributed by atoms with van der Waals surface area (Å²) in [6, 6.07) is 40.8. The summed E-state index contributed by atoms with van der Waals surface area (Å²) < 4.78 is 0. The summed E-state index contributed by atoms with van der Waals surface area (Å²) in [6.07, 6.45) is 19.8. The molecule has 0 saturated heterocycles. The first-order valence-electron chi connectivity index (χ1n) is 25.9. The first kappa shape index (κ1) is 44.0. The molecule has 3 aromatic carbocycles. The first-order chi connectivity index (χ1) is 32.5. The maximum absolute atomic E-state index is 4.94. The van der Waals surface area contributed by atoms with E-state index in [1.54, 1.807) is 5.56 Å². The predicted octanol–water partition coefficient (Wildman–Crippen LogP) is 15.0. The fourth-order valence-corrected chi connectivity index (χ4v) is 15.4. The van der Waals surface area contributed by atoms with Crippen molar-refractivity contribution in [2.45, 2.75) is 154 Å². The number of aryl methyl sites for hydroxylation is 3. The van der Waals surface area contributed by atoms with Gasteiger partial charge in [-0.15, -0.1) is 0 Å². The van der Waals surface area contributed by atoms with Crippen molar-refractivity contribution in [1.82, 2.24) is 15.0 Å². The first-order valence-corrected chi connectivity index (χ1v) is 25.9. The van der Waals surface area contributed by atoms with E-state index in [1.807, 2.05) is 24.7 Å². The van der Waals surface area contributed by atoms with Crippen LogP contribution in [-0.2, 0) is 16.2 Å². The molecule has 5 aliphatic carbocycles. The van der Waals surface area contributed by atoms with E-state index in [1.165, 1.54) is 121 Å². The topological polar surface area (TPSA) is 48.4 Å². The number of nitrogens with zero attached hydrogens (tertiary/aromatic N) is 6. The molecule has 0 amide bonds. The molecule has 6 heteroatoms. The van der Waals surface area contributed by atoms with Crippen molar-refractivity contribution in [3.05, 3.63) is 161 Å². The maximum atomic E-state index is 4.94. The predicted molar refractivity (Wildman–Crippen MR) is 278 cm³/mol. The third-order valence-electron chi connectivity index (χ3n) is 18.8. The molecule has 3 unspecified atom stereocenters. The maximum Gasteiger partial charge on any atom is 0.137 e. The smallest absolute Gasteiger partial charge is 0.137 e. The van der Waals surface area contributed by atoms with Crippen LogP contribution in [0.25, 0.3) is 0 Å². The largest absolute Gasteiger partial charge is 0.322 e. The highest BCUT2D eigenvalue weighted by atomic mass is 15.3. The molecule has 5 saturated carbocycles.